The van der Waals surface area contributed by atoms with E-state index in [-0.39, 0.29) is 0 Å². The minimum atomic E-state index is 0.716. The normalized spacial score (nSPS) is 14.0. The number of piperidine rings is 1. The maximum atomic E-state index is 5.29. The Morgan fingerprint density at radius 3 is 2.03 bits per heavy atom. The van der Waals surface area contributed by atoms with Crippen LogP contribution in [0.5, 0.6) is 5.75 Å². The summed E-state index contributed by atoms with van der Waals surface area (Å²) in [4.78, 5) is 9.30. The quantitative estimate of drug-likeness (QED) is 0.650. The van der Waals surface area contributed by atoms with Crippen molar-refractivity contribution in [1.82, 2.24) is 15.2 Å². The van der Waals surface area contributed by atoms with Gasteiger partial charge in [0.25, 0.3) is 0 Å². The molecule has 2 aromatic carbocycles. The van der Waals surface area contributed by atoms with Crippen LogP contribution in [-0.4, -0.2) is 49.5 Å². The van der Waals surface area contributed by atoms with Gasteiger partial charge in [-0.15, -0.1) is 10.2 Å². The fourth-order valence-corrected chi connectivity index (χ4v) is 3.61. The average Bonchev–Trinajstić information content (AvgIpc) is 2.79. The maximum Gasteiger partial charge on any atom is 0.245 e. The summed E-state index contributed by atoms with van der Waals surface area (Å²) in [5.74, 6) is 1.53. The Morgan fingerprint density at radius 2 is 1.41 bits per heavy atom. The molecule has 3 aromatic rings. The molecule has 0 radical (unpaired) electrons. The van der Waals surface area contributed by atoms with Gasteiger partial charge in [-0.05, 0) is 55.7 Å². The van der Waals surface area contributed by atoms with Crippen LogP contribution in [0.1, 0.15) is 19.3 Å². The fraction of sp³-hybridized carbons (Fsp3) is 0.348. The molecule has 1 fully saturated rings. The molecule has 0 atom stereocenters. The number of nitrogens with zero attached hydrogens (tertiary/aromatic N) is 5. The zero-order valence-electron chi connectivity index (χ0n) is 17.3. The van der Waals surface area contributed by atoms with Gasteiger partial charge in [0.05, 0.1) is 7.11 Å². The average molecular weight is 390 g/mol. The first-order chi connectivity index (χ1) is 14.2. The Bertz CT molecular complexity index is 948. The van der Waals surface area contributed by atoms with E-state index >= 15 is 0 Å². The third-order valence-electron chi connectivity index (χ3n) is 5.34. The number of methoxy groups -OCH3 is 1. The largest absolute Gasteiger partial charge is 0.497 e. The monoisotopic (exact) mass is 389 g/mol. The second-order valence-electron chi connectivity index (χ2n) is 7.53. The van der Waals surface area contributed by atoms with E-state index in [0.29, 0.717) is 5.95 Å². The number of aromatic nitrogens is 3. The number of anilines is 2. The van der Waals surface area contributed by atoms with Crippen molar-refractivity contribution in [3.05, 3.63) is 48.5 Å². The van der Waals surface area contributed by atoms with Gasteiger partial charge in [0.15, 0.2) is 0 Å². The van der Waals surface area contributed by atoms with Gasteiger partial charge in [0.1, 0.15) is 17.1 Å². The van der Waals surface area contributed by atoms with E-state index in [1.807, 2.05) is 38.4 Å². The summed E-state index contributed by atoms with van der Waals surface area (Å²) in [6.07, 6.45) is 3.62. The highest BCUT2D eigenvalue weighted by atomic mass is 16.5. The standard InChI is InChI=1S/C23H27N5O/c1-27(2)19-11-7-17(8-12-19)21-22(18-9-13-20(29-3)14-10-18)25-26-23(24-21)28-15-5-4-6-16-28/h7-14H,4-6,15-16H2,1-3H3. The summed E-state index contributed by atoms with van der Waals surface area (Å²) in [5, 5.41) is 9.09. The predicted octanol–water partition coefficient (Wildman–Crippen LogP) is 4.27. The molecule has 2 heterocycles. The molecule has 0 bridgehead atoms. The zero-order valence-corrected chi connectivity index (χ0v) is 17.3. The van der Waals surface area contributed by atoms with E-state index in [1.165, 1.54) is 19.3 Å². The van der Waals surface area contributed by atoms with Crippen LogP contribution in [0.15, 0.2) is 48.5 Å². The van der Waals surface area contributed by atoms with Gasteiger partial charge in [0, 0.05) is 44.0 Å². The Morgan fingerprint density at radius 1 is 0.793 bits per heavy atom. The molecule has 6 nitrogen and oxygen atoms in total. The van der Waals surface area contributed by atoms with Crippen molar-refractivity contribution in [3.63, 3.8) is 0 Å². The van der Waals surface area contributed by atoms with Crippen LogP contribution in [0.2, 0.25) is 0 Å². The van der Waals surface area contributed by atoms with Crippen molar-refractivity contribution in [2.24, 2.45) is 0 Å². The minimum absolute atomic E-state index is 0.716. The van der Waals surface area contributed by atoms with Crippen molar-refractivity contribution in [1.29, 1.82) is 0 Å². The number of ether oxygens (including phenoxy) is 1. The molecule has 0 saturated carbocycles. The molecule has 1 saturated heterocycles. The van der Waals surface area contributed by atoms with E-state index in [2.05, 4.69) is 44.3 Å². The van der Waals surface area contributed by atoms with Crippen LogP contribution in [-0.2, 0) is 0 Å². The lowest BCUT2D eigenvalue weighted by atomic mass is 10.0. The summed E-state index contributed by atoms with van der Waals surface area (Å²) in [6.45, 7) is 1.98. The van der Waals surface area contributed by atoms with Crippen molar-refractivity contribution in [2.75, 3.05) is 44.1 Å². The molecule has 6 heteroatoms. The molecule has 0 amide bonds. The lowest BCUT2D eigenvalue weighted by Gasteiger charge is -2.26. The molecule has 29 heavy (non-hydrogen) atoms. The van der Waals surface area contributed by atoms with E-state index < -0.39 is 0 Å². The molecule has 0 aliphatic carbocycles. The fourth-order valence-electron chi connectivity index (χ4n) is 3.61. The van der Waals surface area contributed by atoms with Crippen molar-refractivity contribution in [2.45, 2.75) is 19.3 Å². The Kier molecular flexibility index (Phi) is 5.60. The highest BCUT2D eigenvalue weighted by molar-refractivity contribution is 5.79. The number of hydrogen-bond acceptors (Lipinski definition) is 6. The van der Waals surface area contributed by atoms with E-state index in [9.17, 15) is 0 Å². The molecule has 0 N–H and O–H groups in total. The lowest BCUT2D eigenvalue weighted by molar-refractivity contribution is 0.415. The van der Waals surface area contributed by atoms with Gasteiger partial charge < -0.3 is 14.5 Å². The molecular weight excluding hydrogens is 362 g/mol. The van der Waals surface area contributed by atoms with E-state index in [4.69, 9.17) is 9.72 Å². The van der Waals surface area contributed by atoms with Crippen LogP contribution in [0.25, 0.3) is 22.5 Å². The van der Waals surface area contributed by atoms with Crippen LogP contribution in [0, 0.1) is 0 Å². The Balaban J connectivity index is 1.78. The molecule has 1 aromatic heterocycles. The molecule has 1 aliphatic heterocycles. The molecule has 1 aliphatic rings. The van der Waals surface area contributed by atoms with Gasteiger partial charge in [-0.3, -0.25) is 0 Å². The number of hydrogen-bond donors (Lipinski definition) is 0. The van der Waals surface area contributed by atoms with Gasteiger partial charge in [-0.1, -0.05) is 12.1 Å². The first kappa shape index (κ1) is 19.2. The third-order valence-corrected chi connectivity index (χ3v) is 5.34. The molecule has 4 rings (SSSR count). The maximum absolute atomic E-state index is 5.29. The topological polar surface area (TPSA) is 54.4 Å². The second kappa shape index (κ2) is 8.47. The van der Waals surface area contributed by atoms with Crippen LogP contribution >= 0.6 is 0 Å². The summed E-state index contributed by atoms with van der Waals surface area (Å²) in [7, 11) is 5.75. The van der Waals surface area contributed by atoms with Crippen molar-refractivity contribution < 1.29 is 4.74 Å². The molecule has 150 valence electrons. The van der Waals surface area contributed by atoms with E-state index in [1.54, 1.807) is 7.11 Å². The van der Waals surface area contributed by atoms with Gasteiger partial charge >= 0.3 is 0 Å². The van der Waals surface area contributed by atoms with Crippen molar-refractivity contribution >= 4 is 11.6 Å². The van der Waals surface area contributed by atoms with Crippen LogP contribution < -0.4 is 14.5 Å². The van der Waals surface area contributed by atoms with Gasteiger partial charge in [0.2, 0.25) is 5.95 Å². The molecule has 0 unspecified atom stereocenters. The highest BCUT2D eigenvalue weighted by Gasteiger charge is 2.19. The highest BCUT2D eigenvalue weighted by Crippen LogP contribution is 2.32. The van der Waals surface area contributed by atoms with Crippen LogP contribution in [0.4, 0.5) is 11.6 Å². The molecule has 0 spiro atoms. The Hall–Kier alpha value is -3.15. The Labute approximate surface area is 172 Å². The lowest BCUT2D eigenvalue weighted by Crippen LogP contribution is -2.31. The minimum Gasteiger partial charge on any atom is -0.497 e. The predicted molar refractivity (Wildman–Crippen MR) is 118 cm³/mol. The first-order valence-electron chi connectivity index (χ1n) is 10.1. The first-order valence-corrected chi connectivity index (χ1v) is 10.1. The summed E-state index contributed by atoms with van der Waals surface area (Å²) >= 11 is 0. The summed E-state index contributed by atoms with van der Waals surface area (Å²) in [6, 6.07) is 16.3. The zero-order chi connectivity index (χ0) is 20.2. The molecular formula is C23H27N5O. The van der Waals surface area contributed by atoms with Crippen LogP contribution in [0.3, 0.4) is 0 Å². The van der Waals surface area contributed by atoms with E-state index in [0.717, 1.165) is 47.0 Å². The smallest absolute Gasteiger partial charge is 0.245 e. The van der Waals surface area contributed by atoms with Crippen molar-refractivity contribution in [3.8, 4) is 28.3 Å². The second-order valence-corrected chi connectivity index (χ2v) is 7.53. The SMILES string of the molecule is COc1ccc(-c2nnc(N3CCCCC3)nc2-c2ccc(N(C)C)cc2)cc1. The third kappa shape index (κ3) is 4.16. The number of benzene rings is 2. The number of rotatable bonds is 5. The summed E-state index contributed by atoms with van der Waals surface area (Å²) in [5.41, 5.74) is 4.80. The van der Waals surface area contributed by atoms with Gasteiger partial charge in [-0.2, -0.15) is 0 Å². The van der Waals surface area contributed by atoms with Gasteiger partial charge in [-0.25, -0.2) is 4.98 Å². The summed E-state index contributed by atoms with van der Waals surface area (Å²) < 4.78 is 5.29.